The lowest BCUT2D eigenvalue weighted by atomic mass is 10.3. The Morgan fingerprint density at radius 3 is 2.35 bits per heavy atom. The normalized spacial score (nSPS) is 11.1. The number of sulfonamides is 1. The van der Waals surface area contributed by atoms with Gasteiger partial charge in [-0.25, -0.2) is 8.42 Å². The maximum atomic E-state index is 12.8. The first kappa shape index (κ1) is 17.5. The summed E-state index contributed by atoms with van der Waals surface area (Å²) < 4.78 is 27.8. The highest BCUT2D eigenvalue weighted by atomic mass is 79.9. The third-order valence-electron chi connectivity index (χ3n) is 3.15. The molecule has 0 bridgehead atoms. The van der Waals surface area contributed by atoms with Gasteiger partial charge in [-0.1, -0.05) is 22.0 Å². The molecule has 0 atom stereocenters. The molecule has 2 rings (SSSR count). The Morgan fingerprint density at radius 1 is 1.17 bits per heavy atom. The van der Waals surface area contributed by atoms with E-state index in [0.717, 1.165) is 4.47 Å². The van der Waals surface area contributed by atoms with Crippen molar-refractivity contribution in [3.05, 3.63) is 53.0 Å². The SMILES string of the molecule is CCN(c1cccc(Br)c1)S(=O)(=O)c1ccc(NC(C)=O)cc1. The first-order valence-corrected chi connectivity index (χ1v) is 9.24. The molecule has 5 nitrogen and oxygen atoms in total. The van der Waals surface area contributed by atoms with E-state index >= 15 is 0 Å². The van der Waals surface area contributed by atoms with Gasteiger partial charge < -0.3 is 5.32 Å². The summed E-state index contributed by atoms with van der Waals surface area (Å²) in [6.45, 7) is 3.49. The van der Waals surface area contributed by atoms with Gasteiger partial charge in [0.15, 0.2) is 0 Å². The molecule has 0 aromatic heterocycles. The van der Waals surface area contributed by atoms with Crippen LogP contribution in [0.1, 0.15) is 13.8 Å². The molecule has 0 aliphatic carbocycles. The second-order valence-electron chi connectivity index (χ2n) is 4.86. The molecule has 1 amide bonds. The molecule has 2 aromatic rings. The van der Waals surface area contributed by atoms with Gasteiger partial charge in [0.25, 0.3) is 10.0 Å². The zero-order valence-electron chi connectivity index (χ0n) is 12.8. The highest BCUT2D eigenvalue weighted by Gasteiger charge is 2.23. The highest BCUT2D eigenvalue weighted by Crippen LogP contribution is 2.26. The predicted molar refractivity (Wildman–Crippen MR) is 95.1 cm³/mol. The number of anilines is 2. The van der Waals surface area contributed by atoms with E-state index in [9.17, 15) is 13.2 Å². The van der Waals surface area contributed by atoms with Crippen molar-refractivity contribution < 1.29 is 13.2 Å². The lowest BCUT2D eigenvalue weighted by molar-refractivity contribution is -0.114. The second-order valence-corrected chi connectivity index (χ2v) is 7.63. The van der Waals surface area contributed by atoms with Crippen LogP contribution in [0.2, 0.25) is 0 Å². The average molecular weight is 397 g/mol. The van der Waals surface area contributed by atoms with Gasteiger partial charge in [0, 0.05) is 23.6 Å². The number of hydrogen-bond acceptors (Lipinski definition) is 3. The number of benzene rings is 2. The first-order valence-electron chi connectivity index (χ1n) is 7.00. The maximum absolute atomic E-state index is 12.8. The predicted octanol–water partition coefficient (Wildman–Crippen LogP) is 3.62. The van der Waals surface area contributed by atoms with Crippen molar-refractivity contribution in [1.29, 1.82) is 0 Å². The van der Waals surface area contributed by atoms with Crippen molar-refractivity contribution in [2.45, 2.75) is 18.7 Å². The van der Waals surface area contributed by atoms with Crippen LogP contribution in [-0.4, -0.2) is 20.9 Å². The summed E-state index contributed by atoms with van der Waals surface area (Å²) in [6.07, 6.45) is 0. The number of rotatable bonds is 5. The van der Waals surface area contributed by atoms with Crippen molar-refractivity contribution in [3.63, 3.8) is 0 Å². The van der Waals surface area contributed by atoms with Gasteiger partial charge in [-0.2, -0.15) is 0 Å². The van der Waals surface area contributed by atoms with Gasteiger partial charge in [0.05, 0.1) is 10.6 Å². The first-order chi connectivity index (χ1) is 10.8. The minimum Gasteiger partial charge on any atom is -0.326 e. The van der Waals surface area contributed by atoms with Crippen LogP contribution in [0.3, 0.4) is 0 Å². The Bertz CT molecular complexity index is 804. The number of carbonyl (C=O) groups excluding carboxylic acids is 1. The van der Waals surface area contributed by atoms with Crippen LogP contribution >= 0.6 is 15.9 Å². The fourth-order valence-electron chi connectivity index (χ4n) is 2.16. The largest absolute Gasteiger partial charge is 0.326 e. The molecule has 0 unspecified atom stereocenters. The summed E-state index contributed by atoms with van der Waals surface area (Å²) in [4.78, 5) is 11.2. The molecule has 0 radical (unpaired) electrons. The lowest BCUT2D eigenvalue weighted by Crippen LogP contribution is -2.30. The Morgan fingerprint density at radius 2 is 1.83 bits per heavy atom. The van der Waals surface area contributed by atoms with Crippen LogP contribution in [0.15, 0.2) is 57.9 Å². The van der Waals surface area contributed by atoms with E-state index in [-0.39, 0.29) is 10.8 Å². The summed E-state index contributed by atoms with van der Waals surface area (Å²) in [5.74, 6) is -0.204. The van der Waals surface area contributed by atoms with Crippen LogP contribution in [0.4, 0.5) is 11.4 Å². The topological polar surface area (TPSA) is 66.5 Å². The molecule has 0 spiro atoms. The van der Waals surface area contributed by atoms with Gasteiger partial charge in [-0.15, -0.1) is 0 Å². The van der Waals surface area contributed by atoms with E-state index in [1.54, 1.807) is 37.3 Å². The fourth-order valence-corrected chi connectivity index (χ4v) is 4.02. The summed E-state index contributed by atoms with van der Waals surface area (Å²) in [7, 11) is -3.67. The smallest absolute Gasteiger partial charge is 0.264 e. The zero-order chi connectivity index (χ0) is 17.0. The van der Waals surface area contributed by atoms with E-state index in [0.29, 0.717) is 17.9 Å². The minimum absolute atomic E-state index is 0.174. The number of nitrogens with one attached hydrogen (secondary N) is 1. The van der Waals surface area contributed by atoms with Gasteiger partial charge in [0.1, 0.15) is 0 Å². The van der Waals surface area contributed by atoms with E-state index in [4.69, 9.17) is 0 Å². The molecule has 0 fully saturated rings. The third kappa shape index (κ3) is 4.11. The molecular formula is C16H17BrN2O3S. The third-order valence-corrected chi connectivity index (χ3v) is 5.56. The fraction of sp³-hybridized carbons (Fsp3) is 0.188. The van der Waals surface area contributed by atoms with Crippen molar-refractivity contribution in [2.75, 3.05) is 16.2 Å². The maximum Gasteiger partial charge on any atom is 0.264 e. The summed E-state index contributed by atoms with van der Waals surface area (Å²) in [5.41, 5.74) is 1.15. The lowest BCUT2D eigenvalue weighted by Gasteiger charge is -2.23. The Balaban J connectivity index is 2.37. The molecular weight excluding hydrogens is 380 g/mol. The van der Waals surface area contributed by atoms with E-state index < -0.39 is 10.0 Å². The number of nitrogens with zero attached hydrogens (tertiary/aromatic N) is 1. The van der Waals surface area contributed by atoms with Crippen LogP contribution in [-0.2, 0) is 14.8 Å². The molecule has 23 heavy (non-hydrogen) atoms. The monoisotopic (exact) mass is 396 g/mol. The van der Waals surface area contributed by atoms with Gasteiger partial charge in [-0.3, -0.25) is 9.10 Å². The van der Waals surface area contributed by atoms with E-state index in [2.05, 4.69) is 21.2 Å². The van der Waals surface area contributed by atoms with Crippen LogP contribution in [0, 0.1) is 0 Å². The van der Waals surface area contributed by atoms with Crippen LogP contribution < -0.4 is 9.62 Å². The molecule has 122 valence electrons. The average Bonchev–Trinajstić information content (AvgIpc) is 2.47. The van der Waals surface area contributed by atoms with Crippen molar-refractivity contribution in [1.82, 2.24) is 0 Å². The second kappa shape index (κ2) is 7.14. The summed E-state index contributed by atoms with van der Waals surface area (Å²) in [5, 5.41) is 2.61. The van der Waals surface area contributed by atoms with Gasteiger partial charge in [-0.05, 0) is 49.4 Å². The van der Waals surface area contributed by atoms with Gasteiger partial charge in [0.2, 0.25) is 5.91 Å². The van der Waals surface area contributed by atoms with Crippen LogP contribution in [0.25, 0.3) is 0 Å². The van der Waals surface area contributed by atoms with Crippen LogP contribution in [0.5, 0.6) is 0 Å². The Labute approximate surface area is 144 Å². The summed E-state index contributed by atoms with van der Waals surface area (Å²) in [6, 6.07) is 13.3. The number of amides is 1. The Kier molecular flexibility index (Phi) is 5.43. The number of halogens is 1. The molecule has 0 saturated carbocycles. The van der Waals surface area contributed by atoms with Crippen molar-refractivity contribution in [2.24, 2.45) is 0 Å². The Hall–Kier alpha value is -1.86. The zero-order valence-corrected chi connectivity index (χ0v) is 15.2. The van der Waals surface area contributed by atoms with Crippen molar-refractivity contribution in [3.8, 4) is 0 Å². The standard InChI is InChI=1S/C16H17BrN2O3S/c1-3-19(15-6-4-5-13(17)11-15)23(21,22)16-9-7-14(8-10-16)18-12(2)20/h4-11H,3H2,1-2H3,(H,18,20). The molecule has 0 aliphatic rings. The minimum atomic E-state index is -3.67. The molecule has 0 heterocycles. The number of carbonyl (C=O) groups is 1. The van der Waals surface area contributed by atoms with E-state index in [1.807, 2.05) is 6.07 Å². The van der Waals surface area contributed by atoms with Gasteiger partial charge >= 0.3 is 0 Å². The molecule has 0 aliphatic heterocycles. The molecule has 7 heteroatoms. The molecule has 0 saturated heterocycles. The quantitative estimate of drug-likeness (QED) is 0.838. The molecule has 2 aromatic carbocycles. The molecule has 1 N–H and O–H groups in total. The summed E-state index contributed by atoms with van der Waals surface area (Å²) >= 11 is 3.35. The van der Waals surface area contributed by atoms with Crippen molar-refractivity contribution >= 4 is 43.2 Å². The number of hydrogen-bond donors (Lipinski definition) is 1. The van der Waals surface area contributed by atoms with E-state index in [1.165, 1.54) is 23.4 Å². The highest BCUT2D eigenvalue weighted by molar-refractivity contribution is 9.10.